The van der Waals surface area contributed by atoms with E-state index in [2.05, 4.69) is 11.8 Å². The van der Waals surface area contributed by atoms with E-state index in [1.165, 1.54) is 19.3 Å². The van der Waals surface area contributed by atoms with Gasteiger partial charge in [-0.2, -0.15) is 0 Å². The van der Waals surface area contributed by atoms with Crippen molar-refractivity contribution in [2.45, 2.75) is 38.6 Å². The third-order valence-corrected chi connectivity index (χ3v) is 3.72. The summed E-state index contributed by atoms with van der Waals surface area (Å²) in [7, 11) is 0. The Hall–Kier alpha value is -1.55. The normalized spacial score (nSPS) is 20.2. The lowest BCUT2D eigenvalue weighted by Gasteiger charge is -2.34. The van der Waals surface area contributed by atoms with Gasteiger partial charge in [0.1, 0.15) is 18.0 Å². The molecule has 4 heteroatoms. The van der Waals surface area contributed by atoms with Crippen LogP contribution in [0.3, 0.4) is 0 Å². The minimum atomic E-state index is -0.943. The maximum atomic E-state index is 11.1. The molecule has 0 saturated carbocycles. The van der Waals surface area contributed by atoms with Gasteiger partial charge in [0, 0.05) is 12.6 Å². The van der Waals surface area contributed by atoms with E-state index in [0.717, 1.165) is 13.0 Å². The van der Waals surface area contributed by atoms with Gasteiger partial charge in [0.05, 0.1) is 0 Å². The highest BCUT2D eigenvalue weighted by molar-refractivity contribution is 5.90. The fourth-order valence-electron chi connectivity index (χ4n) is 2.61. The molecule has 1 saturated heterocycles. The Labute approximate surface area is 114 Å². The summed E-state index contributed by atoms with van der Waals surface area (Å²) < 4.78 is 5.72. The van der Waals surface area contributed by atoms with Crippen molar-refractivity contribution in [1.29, 1.82) is 0 Å². The van der Waals surface area contributed by atoms with E-state index >= 15 is 0 Å². The van der Waals surface area contributed by atoms with Gasteiger partial charge in [0.25, 0.3) is 0 Å². The molecule has 19 heavy (non-hydrogen) atoms. The molecular formula is C15H21NO3. The van der Waals surface area contributed by atoms with Gasteiger partial charge in [-0.15, -0.1) is 0 Å². The van der Waals surface area contributed by atoms with Crippen molar-refractivity contribution in [3.8, 4) is 5.75 Å². The first-order valence-corrected chi connectivity index (χ1v) is 6.91. The molecule has 104 valence electrons. The molecule has 0 aromatic heterocycles. The molecule has 0 amide bonds. The SMILES string of the molecule is CCC1CCCCN1COc1ccccc1C(=O)O. The highest BCUT2D eigenvalue weighted by Crippen LogP contribution is 2.22. The molecule has 0 spiro atoms. The molecular weight excluding hydrogens is 242 g/mol. The van der Waals surface area contributed by atoms with Gasteiger partial charge in [-0.05, 0) is 31.4 Å². The van der Waals surface area contributed by atoms with Crippen LogP contribution in [0.5, 0.6) is 5.75 Å². The Balaban J connectivity index is 2.00. The summed E-state index contributed by atoms with van der Waals surface area (Å²) in [5.41, 5.74) is 0.229. The molecule has 0 radical (unpaired) electrons. The van der Waals surface area contributed by atoms with Gasteiger partial charge in [-0.25, -0.2) is 4.79 Å². The number of likely N-dealkylation sites (tertiary alicyclic amines) is 1. The molecule has 0 aliphatic carbocycles. The van der Waals surface area contributed by atoms with Crippen LogP contribution in [0.4, 0.5) is 0 Å². The first kappa shape index (κ1) is 13.9. The van der Waals surface area contributed by atoms with Crippen LogP contribution in [-0.4, -0.2) is 35.3 Å². The molecule has 2 rings (SSSR count). The average Bonchev–Trinajstić information content (AvgIpc) is 2.45. The third kappa shape index (κ3) is 3.47. The van der Waals surface area contributed by atoms with Crippen molar-refractivity contribution in [1.82, 2.24) is 4.90 Å². The summed E-state index contributed by atoms with van der Waals surface area (Å²) in [4.78, 5) is 13.4. The first-order chi connectivity index (χ1) is 9.22. The molecule has 1 atom stereocenters. The van der Waals surface area contributed by atoms with Crippen LogP contribution in [-0.2, 0) is 0 Å². The number of aromatic carboxylic acids is 1. The van der Waals surface area contributed by atoms with Crippen LogP contribution < -0.4 is 4.74 Å². The number of rotatable bonds is 5. The van der Waals surface area contributed by atoms with Crippen LogP contribution in [0.25, 0.3) is 0 Å². The van der Waals surface area contributed by atoms with Crippen molar-refractivity contribution < 1.29 is 14.6 Å². The van der Waals surface area contributed by atoms with E-state index in [-0.39, 0.29) is 5.56 Å². The number of hydrogen-bond acceptors (Lipinski definition) is 3. The molecule has 1 aromatic carbocycles. The lowest BCUT2D eigenvalue weighted by atomic mass is 10.0. The van der Waals surface area contributed by atoms with Gasteiger partial charge in [-0.1, -0.05) is 25.5 Å². The molecule has 1 unspecified atom stereocenters. The number of piperidine rings is 1. The minimum absolute atomic E-state index is 0.229. The lowest BCUT2D eigenvalue weighted by molar-refractivity contribution is 0.0536. The molecule has 1 aliphatic heterocycles. The summed E-state index contributed by atoms with van der Waals surface area (Å²) in [6.45, 7) is 3.70. The smallest absolute Gasteiger partial charge is 0.339 e. The number of nitrogens with zero attached hydrogens (tertiary/aromatic N) is 1. The van der Waals surface area contributed by atoms with Gasteiger partial charge in [-0.3, -0.25) is 4.90 Å². The number of para-hydroxylation sites is 1. The fraction of sp³-hybridized carbons (Fsp3) is 0.533. The van der Waals surface area contributed by atoms with Crippen LogP contribution in [0, 0.1) is 0 Å². The number of carbonyl (C=O) groups is 1. The van der Waals surface area contributed by atoms with Crippen LogP contribution >= 0.6 is 0 Å². The van der Waals surface area contributed by atoms with E-state index in [1.807, 2.05) is 0 Å². The summed E-state index contributed by atoms with van der Waals surface area (Å²) in [5, 5.41) is 9.11. The number of carboxylic acid groups (broad SMARTS) is 1. The predicted molar refractivity (Wildman–Crippen MR) is 73.5 cm³/mol. The summed E-state index contributed by atoms with van der Waals surface area (Å²) >= 11 is 0. The number of benzene rings is 1. The molecule has 0 bridgehead atoms. The zero-order valence-corrected chi connectivity index (χ0v) is 11.3. The highest BCUT2D eigenvalue weighted by Gasteiger charge is 2.21. The topological polar surface area (TPSA) is 49.8 Å². The van der Waals surface area contributed by atoms with Crippen LogP contribution in [0.15, 0.2) is 24.3 Å². The first-order valence-electron chi connectivity index (χ1n) is 6.91. The molecule has 4 nitrogen and oxygen atoms in total. The molecule has 1 N–H and O–H groups in total. The summed E-state index contributed by atoms with van der Waals surface area (Å²) in [5.74, 6) is -0.489. The van der Waals surface area contributed by atoms with E-state index in [0.29, 0.717) is 18.5 Å². The average molecular weight is 263 g/mol. The van der Waals surface area contributed by atoms with Crippen LogP contribution in [0.2, 0.25) is 0 Å². The second kappa shape index (κ2) is 6.57. The maximum Gasteiger partial charge on any atom is 0.339 e. The highest BCUT2D eigenvalue weighted by atomic mass is 16.5. The van der Waals surface area contributed by atoms with Crippen molar-refractivity contribution in [3.05, 3.63) is 29.8 Å². The monoisotopic (exact) mass is 263 g/mol. The van der Waals surface area contributed by atoms with Crippen molar-refractivity contribution in [2.24, 2.45) is 0 Å². The predicted octanol–water partition coefficient (Wildman–Crippen LogP) is 2.99. The Morgan fingerprint density at radius 2 is 2.21 bits per heavy atom. The zero-order valence-electron chi connectivity index (χ0n) is 11.3. The Kier molecular flexibility index (Phi) is 4.80. The van der Waals surface area contributed by atoms with Crippen molar-refractivity contribution >= 4 is 5.97 Å². The maximum absolute atomic E-state index is 11.1. The van der Waals surface area contributed by atoms with E-state index in [4.69, 9.17) is 9.84 Å². The van der Waals surface area contributed by atoms with Crippen molar-refractivity contribution in [2.75, 3.05) is 13.3 Å². The van der Waals surface area contributed by atoms with E-state index in [9.17, 15) is 4.79 Å². The Bertz CT molecular complexity index is 433. The van der Waals surface area contributed by atoms with E-state index < -0.39 is 5.97 Å². The second-order valence-electron chi connectivity index (χ2n) is 4.94. The second-order valence-corrected chi connectivity index (χ2v) is 4.94. The quantitative estimate of drug-likeness (QED) is 0.887. The molecule has 1 aliphatic rings. The van der Waals surface area contributed by atoms with Gasteiger partial charge in [0.2, 0.25) is 0 Å². The lowest BCUT2D eigenvalue weighted by Crippen LogP contribution is -2.41. The van der Waals surface area contributed by atoms with E-state index in [1.54, 1.807) is 24.3 Å². The molecule has 1 heterocycles. The minimum Gasteiger partial charge on any atom is -0.478 e. The standard InChI is InChI=1S/C15H21NO3/c1-2-12-7-5-6-10-16(12)11-19-14-9-4-3-8-13(14)15(17)18/h3-4,8-9,12H,2,5-7,10-11H2,1H3,(H,17,18). The largest absolute Gasteiger partial charge is 0.478 e. The van der Waals surface area contributed by atoms with Gasteiger partial charge >= 0.3 is 5.97 Å². The number of ether oxygens (including phenoxy) is 1. The summed E-state index contributed by atoms with van der Waals surface area (Å²) in [6, 6.07) is 7.37. The number of carboxylic acids is 1. The Morgan fingerprint density at radius 1 is 1.42 bits per heavy atom. The van der Waals surface area contributed by atoms with Crippen LogP contribution in [0.1, 0.15) is 43.0 Å². The fourth-order valence-corrected chi connectivity index (χ4v) is 2.61. The number of hydrogen-bond donors (Lipinski definition) is 1. The zero-order chi connectivity index (χ0) is 13.7. The Morgan fingerprint density at radius 3 is 2.95 bits per heavy atom. The molecule has 1 aromatic rings. The van der Waals surface area contributed by atoms with Gasteiger partial charge < -0.3 is 9.84 Å². The third-order valence-electron chi connectivity index (χ3n) is 3.72. The molecule has 1 fully saturated rings. The summed E-state index contributed by atoms with van der Waals surface area (Å²) in [6.07, 6.45) is 4.80. The van der Waals surface area contributed by atoms with Gasteiger partial charge in [0.15, 0.2) is 0 Å². The van der Waals surface area contributed by atoms with Crippen molar-refractivity contribution in [3.63, 3.8) is 0 Å².